The molecule has 3 heterocycles. The summed E-state index contributed by atoms with van der Waals surface area (Å²) in [6, 6.07) is 4.03. The number of thiophene rings is 1. The van der Waals surface area contributed by atoms with Gasteiger partial charge in [0, 0.05) is 7.05 Å². The monoisotopic (exact) mass is 314 g/mol. The summed E-state index contributed by atoms with van der Waals surface area (Å²) in [4.78, 5) is 5.30. The molecule has 0 atom stereocenters. The Balaban J connectivity index is 1.90. The number of rotatable bonds is 3. The summed E-state index contributed by atoms with van der Waals surface area (Å²) >= 11 is 10.4. The molecule has 4 nitrogen and oxygen atoms in total. The molecule has 0 N–H and O–H groups in total. The van der Waals surface area contributed by atoms with E-state index in [9.17, 15) is 0 Å². The minimum atomic E-state index is 0.679. The first-order valence-electron chi connectivity index (χ1n) is 4.96. The van der Waals surface area contributed by atoms with Gasteiger partial charge in [0.05, 0.1) is 11.1 Å². The predicted molar refractivity (Wildman–Crippen MR) is 75.6 cm³/mol. The molecule has 18 heavy (non-hydrogen) atoms. The fourth-order valence-electron chi connectivity index (χ4n) is 1.39. The Hall–Kier alpha value is -0.890. The maximum Gasteiger partial charge on any atom is 0.198 e. The van der Waals surface area contributed by atoms with Crippen molar-refractivity contribution in [3.8, 4) is 10.7 Å². The van der Waals surface area contributed by atoms with Crippen LogP contribution in [-0.4, -0.2) is 19.7 Å². The van der Waals surface area contributed by atoms with Crippen molar-refractivity contribution in [1.82, 2.24) is 19.7 Å². The molecule has 0 aliphatic heterocycles. The Bertz CT molecular complexity index is 659. The van der Waals surface area contributed by atoms with Gasteiger partial charge in [0.25, 0.3) is 0 Å². The van der Waals surface area contributed by atoms with Crippen LogP contribution in [0.5, 0.6) is 0 Å². The summed E-state index contributed by atoms with van der Waals surface area (Å²) < 4.78 is 3.51. The van der Waals surface area contributed by atoms with Crippen molar-refractivity contribution in [1.29, 1.82) is 0 Å². The van der Waals surface area contributed by atoms with Gasteiger partial charge in [-0.2, -0.15) is 0 Å². The number of aromatic nitrogens is 4. The molecule has 0 radical (unpaired) electrons. The molecule has 0 aromatic carbocycles. The van der Waals surface area contributed by atoms with Crippen LogP contribution in [0.3, 0.4) is 0 Å². The van der Waals surface area contributed by atoms with E-state index < -0.39 is 0 Å². The maximum atomic E-state index is 5.85. The SMILES string of the molecule is Cn1c(Sc2ncc(Cl)s2)nnc1-c1cccs1. The van der Waals surface area contributed by atoms with E-state index in [0.29, 0.717) is 4.34 Å². The van der Waals surface area contributed by atoms with Crippen molar-refractivity contribution in [3.05, 3.63) is 28.0 Å². The summed E-state index contributed by atoms with van der Waals surface area (Å²) in [7, 11) is 1.95. The zero-order valence-corrected chi connectivity index (χ0v) is 12.4. The molecule has 0 fully saturated rings. The fraction of sp³-hybridized carbons (Fsp3) is 0.100. The van der Waals surface area contributed by atoms with Gasteiger partial charge in [0.2, 0.25) is 0 Å². The van der Waals surface area contributed by atoms with Crippen molar-refractivity contribution < 1.29 is 0 Å². The number of hydrogen-bond donors (Lipinski definition) is 0. The lowest BCUT2D eigenvalue weighted by atomic mass is 10.4. The lowest BCUT2D eigenvalue weighted by Crippen LogP contribution is -1.92. The highest BCUT2D eigenvalue weighted by molar-refractivity contribution is 8.00. The summed E-state index contributed by atoms with van der Waals surface area (Å²) in [5.74, 6) is 0.871. The second-order valence-electron chi connectivity index (χ2n) is 3.37. The molecule has 0 amide bonds. The molecular formula is C10H7ClN4S3. The van der Waals surface area contributed by atoms with Crippen LogP contribution in [0.2, 0.25) is 4.34 Å². The third-order valence-electron chi connectivity index (χ3n) is 2.21. The molecule has 8 heteroatoms. The first kappa shape index (κ1) is 12.2. The summed E-state index contributed by atoms with van der Waals surface area (Å²) in [5.41, 5.74) is 0. The largest absolute Gasteiger partial charge is 0.304 e. The van der Waals surface area contributed by atoms with Crippen LogP contribution in [-0.2, 0) is 7.05 Å². The third-order valence-corrected chi connectivity index (χ3v) is 5.30. The third kappa shape index (κ3) is 2.31. The second-order valence-corrected chi connectivity index (χ2v) is 7.20. The van der Waals surface area contributed by atoms with Gasteiger partial charge in [-0.3, -0.25) is 0 Å². The standard InChI is InChI=1S/C10H7ClN4S3/c1-15-8(6-3-2-4-16-6)13-14-9(15)18-10-12-5-7(11)17-10/h2-5H,1H3. The first-order chi connectivity index (χ1) is 8.74. The average Bonchev–Trinajstić information content (AvgIpc) is 3.04. The highest BCUT2D eigenvalue weighted by atomic mass is 35.5. The molecule has 92 valence electrons. The topological polar surface area (TPSA) is 43.6 Å². The van der Waals surface area contributed by atoms with Gasteiger partial charge >= 0.3 is 0 Å². The fourth-order valence-corrected chi connectivity index (χ4v) is 4.14. The van der Waals surface area contributed by atoms with Crippen LogP contribution in [0.1, 0.15) is 0 Å². The molecular weight excluding hydrogens is 308 g/mol. The Morgan fingerprint density at radius 1 is 1.39 bits per heavy atom. The zero-order chi connectivity index (χ0) is 12.5. The molecule has 0 saturated carbocycles. The lowest BCUT2D eigenvalue weighted by molar-refractivity contribution is 0.794. The highest BCUT2D eigenvalue weighted by Gasteiger charge is 2.14. The van der Waals surface area contributed by atoms with E-state index in [0.717, 1.165) is 20.2 Å². The van der Waals surface area contributed by atoms with Gasteiger partial charge in [-0.1, -0.05) is 29.0 Å². The summed E-state index contributed by atoms with van der Waals surface area (Å²) in [5, 5.41) is 11.2. The Labute approximate surface area is 121 Å². The normalized spacial score (nSPS) is 11.0. The smallest absolute Gasteiger partial charge is 0.198 e. The quantitative estimate of drug-likeness (QED) is 0.737. The number of thiazole rings is 1. The highest BCUT2D eigenvalue weighted by Crippen LogP contribution is 2.33. The molecule has 0 aliphatic carbocycles. The molecule has 0 aliphatic rings. The zero-order valence-electron chi connectivity index (χ0n) is 9.20. The van der Waals surface area contributed by atoms with Crippen LogP contribution >= 0.6 is 46.0 Å². The van der Waals surface area contributed by atoms with Crippen LogP contribution in [0.25, 0.3) is 10.7 Å². The van der Waals surface area contributed by atoms with Gasteiger partial charge < -0.3 is 4.57 Å². The average molecular weight is 315 g/mol. The van der Waals surface area contributed by atoms with Gasteiger partial charge in [0.1, 0.15) is 4.34 Å². The van der Waals surface area contributed by atoms with Crippen LogP contribution < -0.4 is 0 Å². The van der Waals surface area contributed by atoms with Gasteiger partial charge in [-0.25, -0.2) is 4.98 Å². The van der Waals surface area contributed by atoms with Crippen molar-refractivity contribution in [2.45, 2.75) is 9.50 Å². The van der Waals surface area contributed by atoms with E-state index in [2.05, 4.69) is 15.2 Å². The lowest BCUT2D eigenvalue weighted by Gasteiger charge is -1.99. The van der Waals surface area contributed by atoms with Crippen molar-refractivity contribution in [2.24, 2.45) is 7.05 Å². The van der Waals surface area contributed by atoms with E-state index >= 15 is 0 Å². The van der Waals surface area contributed by atoms with E-state index in [1.165, 1.54) is 23.1 Å². The molecule has 0 saturated heterocycles. The minimum Gasteiger partial charge on any atom is -0.304 e. The van der Waals surface area contributed by atoms with Crippen molar-refractivity contribution in [3.63, 3.8) is 0 Å². The van der Waals surface area contributed by atoms with E-state index in [1.807, 2.05) is 29.1 Å². The Morgan fingerprint density at radius 2 is 2.28 bits per heavy atom. The van der Waals surface area contributed by atoms with Crippen LogP contribution in [0.4, 0.5) is 0 Å². The molecule has 3 aromatic rings. The van der Waals surface area contributed by atoms with E-state index in [4.69, 9.17) is 11.6 Å². The van der Waals surface area contributed by atoms with Gasteiger partial charge in [-0.05, 0) is 23.2 Å². The first-order valence-corrected chi connectivity index (χ1v) is 7.85. The summed E-state index contributed by atoms with van der Waals surface area (Å²) in [6.45, 7) is 0. The molecule has 0 spiro atoms. The van der Waals surface area contributed by atoms with E-state index in [-0.39, 0.29) is 0 Å². The predicted octanol–water partition coefficient (Wildman–Crippen LogP) is 3.80. The number of halogens is 1. The van der Waals surface area contributed by atoms with E-state index in [1.54, 1.807) is 17.5 Å². The number of hydrogen-bond acceptors (Lipinski definition) is 6. The molecule has 0 unspecified atom stereocenters. The second kappa shape index (κ2) is 5.00. The molecule has 0 bridgehead atoms. The van der Waals surface area contributed by atoms with Crippen LogP contribution in [0.15, 0.2) is 33.2 Å². The minimum absolute atomic E-state index is 0.679. The van der Waals surface area contributed by atoms with Crippen LogP contribution in [0, 0.1) is 0 Å². The van der Waals surface area contributed by atoms with Crippen molar-refractivity contribution in [2.75, 3.05) is 0 Å². The molecule has 3 rings (SSSR count). The Morgan fingerprint density at radius 3 is 2.94 bits per heavy atom. The maximum absolute atomic E-state index is 5.85. The van der Waals surface area contributed by atoms with Gasteiger partial charge in [-0.15, -0.1) is 21.5 Å². The Kier molecular flexibility index (Phi) is 3.38. The summed E-state index contributed by atoms with van der Waals surface area (Å²) in [6.07, 6.45) is 1.64. The van der Waals surface area contributed by atoms with Crippen molar-refractivity contribution >= 4 is 46.0 Å². The molecule has 3 aromatic heterocycles. The van der Waals surface area contributed by atoms with Gasteiger partial charge in [0.15, 0.2) is 15.3 Å². The number of nitrogens with zero attached hydrogens (tertiary/aromatic N) is 4.